The Morgan fingerprint density at radius 1 is 0.600 bits per heavy atom. The van der Waals surface area contributed by atoms with Gasteiger partial charge in [0, 0.05) is 23.5 Å². The molecule has 0 amide bonds. The number of aryl methyl sites for hydroxylation is 1. The Morgan fingerprint density at radius 3 is 2.13 bits per heavy atom. The van der Waals surface area contributed by atoms with Crippen molar-refractivity contribution >= 4 is 49.7 Å². The first-order valence-electron chi connectivity index (χ1n) is 10.2. The summed E-state index contributed by atoms with van der Waals surface area (Å²) in [6, 6.07) is 32.2. The fourth-order valence-corrected chi connectivity index (χ4v) is 4.89. The zero-order valence-corrected chi connectivity index (χ0v) is 16.4. The fourth-order valence-electron chi connectivity index (χ4n) is 4.89. The lowest BCUT2D eigenvalue weighted by Gasteiger charge is -2.07. The third-order valence-corrected chi connectivity index (χ3v) is 6.23. The summed E-state index contributed by atoms with van der Waals surface area (Å²) in [7, 11) is 2.09. The van der Waals surface area contributed by atoms with Crippen LogP contribution < -0.4 is 0 Å². The van der Waals surface area contributed by atoms with E-state index in [0.717, 1.165) is 16.8 Å². The van der Waals surface area contributed by atoms with Crippen LogP contribution in [0, 0.1) is 0 Å². The summed E-state index contributed by atoms with van der Waals surface area (Å²) in [5.41, 5.74) is 8.10. The molecule has 0 bridgehead atoms. The molecule has 0 saturated carbocycles. The first-order valence-corrected chi connectivity index (χ1v) is 10.2. The number of fused-ring (bicyclic) bond motifs is 8. The molecule has 0 aliphatic rings. The van der Waals surface area contributed by atoms with Gasteiger partial charge in [0.25, 0.3) is 0 Å². The van der Waals surface area contributed by atoms with Gasteiger partial charge in [0.15, 0.2) is 0 Å². The average Bonchev–Trinajstić information content (AvgIpc) is 3.41. The third-order valence-electron chi connectivity index (χ3n) is 6.23. The van der Waals surface area contributed by atoms with E-state index in [1.54, 1.807) is 0 Å². The van der Waals surface area contributed by atoms with Crippen LogP contribution in [0.15, 0.2) is 91.0 Å². The molecule has 0 unspecified atom stereocenters. The molecule has 4 heteroatoms. The molecular weight excluding hydrogens is 368 g/mol. The van der Waals surface area contributed by atoms with E-state index >= 15 is 0 Å². The number of hydrogen-bond acceptors (Lipinski definition) is 1. The maximum absolute atomic E-state index is 5.01. The summed E-state index contributed by atoms with van der Waals surface area (Å²) in [4.78, 5) is 5.01. The van der Waals surface area contributed by atoms with E-state index in [4.69, 9.17) is 4.98 Å². The topological polar surface area (TPSA) is 27.2 Å². The van der Waals surface area contributed by atoms with Crippen molar-refractivity contribution in [1.82, 2.24) is 18.5 Å². The minimum Gasteiger partial charge on any atom is -0.313 e. The molecule has 142 valence electrons. The molecular formula is C26H18N4. The Labute approximate surface area is 172 Å². The van der Waals surface area contributed by atoms with E-state index in [1.165, 1.54) is 38.5 Å². The predicted octanol–water partition coefficient (Wildman–Crippen LogP) is 6.08. The maximum Gasteiger partial charge on any atom is 0.215 e. The number of nitrogens with zero attached hydrogens (tertiary/aromatic N) is 4. The van der Waals surface area contributed by atoms with Crippen molar-refractivity contribution in [2.24, 2.45) is 7.05 Å². The van der Waals surface area contributed by atoms with Gasteiger partial charge in [0.1, 0.15) is 0 Å². The zero-order chi connectivity index (χ0) is 19.8. The second-order valence-electron chi connectivity index (χ2n) is 7.84. The normalized spacial score (nSPS) is 12.2. The minimum atomic E-state index is 0.967. The van der Waals surface area contributed by atoms with Crippen LogP contribution in [0.4, 0.5) is 0 Å². The molecule has 4 nitrogen and oxygen atoms in total. The van der Waals surface area contributed by atoms with Crippen molar-refractivity contribution in [3.63, 3.8) is 0 Å². The van der Waals surface area contributed by atoms with Crippen molar-refractivity contribution in [1.29, 1.82) is 0 Å². The summed E-state index contributed by atoms with van der Waals surface area (Å²) >= 11 is 0. The van der Waals surface area contributed by atoms with Crippen molar-refractivity contribution < 1.29 is 0 Å². The second kappa shape index (κ2) is 5.51. The molecule has 0 aliphatic heterocycles. The van der Waals surface area contributed by atoms with E-state index in [1.807, 2.05) is 0 Å². The number of hydrogen-bond donors (Lipinski definition) is 0. The van der Waals surface area contributed by atoms with Gasteiger partial charge in [-0.05, 0) is 42.5 Å². The standard InChI is InChI=1S/C26H18N4/c1-28-22-13-7-8-14-23(22)30-25-16-24-19(15-20(25)27-26(28)30)18-11-5-6-12-21(18)29(24)17-9-3-2-4-10-17/h2-16H,1H3. The van der Waals surface area contributed by atoms with Crippen LogP contribution in [-0.2, 0) is 7.05 Å². The predicted molar refractivity (Wildman–Crippen MR) is 124 cm³/mol. The van der Waals surface area contributed by atoms with Crippen LogP contribution in [0.25, 0.3) is 55.3 Å². The van der Waals surface area contributed by atoms with Gasteiger partial charge in [-0.25, -0.2) is 4.98 Å². The van der Waals surface area contributed by atoms with Gasteiger partial charge < -0.3 is 9.13 Å². The van der Waals surface area contributed by atoms with Gasteiger partial charge >= 0.3 is 0 Å². The highest BCUT2D eigenvalue weighted by atomic mass is 15.2. The van der Waals surface area contributed by atoms with Crippen LogP contribution in [0.2, 0.25) is 0 Å². The number of imidazole rings is 2. The summed E-state index contributed by atoms with van der Waals surface area (Å²) in [6.07, 6.45) is 0. The van der Waals surface area contributed by atoms with Gasteiger partial charge in [0.2, 0.25) is 5.78 Å². The maximum atomic E-state index is 5.01. The molecule has 4 aromatic carbocycles. The Morgan fingerprint density at radius 2 is 1.30 bits per heavy atom. The molecule has 3 aromatic heterocycles. The first kappa shape index (κ1) is 15.8. The molecule has 7 aromatic rings. The summed E-state index contributed by atoms with van der Waals surface area (Å²) in [6.45, 7) is 0. The highest BCUT2D eigenvalue weighted by Gasteiger charge is 2.18. The Balaban J connectivity index is 1.72. The zero-order valence-electron chi connectivity index (χ0n) is 16.4. The third kappa shape index (κ3) is 1.88. The molecule has 0 fully saturated rings. The van der Waals surface area contributed by atoms with E-state index in [-0.39, 0.29) is 0 Å². The van der Waals surface area contributed by atoms with Gasteiger partial charge in [-0.1, -0.05) is 48.5 Å². The summed E-state index contributed by atoms with van der Waals surface area (Å²) in [5.74, 6) is 0.967. The van der Waals surface area contributed by atoms with E-state index < -0.39 is 0 Å². The van der Waals surface area contributed by atoms with Crippen molar-refractivity contribution in [3.8, 4) is 5.69 Å². The smallest absolute Gasteiger partial charge is 0.215 e. The quantitative estimate of drug-likeness (QED) is 0.336. The van der Waals surface area contributed by atoms with E-state index in [2.05, 4.69) is 112 Å². The molecule has 30 heavy (non-hydrogen) atoms. The minimum absolute atomic E-state index is 0.967. The lowest BCUT2D eigenvalue weighted by molar-refractivity contribution is 0.973. The number of rotatable bonds is 1. The van der Waals surface area contributed by atoms with E-state index in [0.29, 0.717) is 0 Å². The highest BCUT2D eigenvalue weighted by molar-refractivity contribution is 6.13. The highest BCUT2D eigenvalue weighted by Crippen LogP contribution is 2.35. The number of aromatic nitrogens is 4. The molecule has 0 N–H and O–H groups in total. The first-order chi connectivity index (χ1) is 14.8. The van der Waals surface area contributed by atoms with Crippen LogP contribution in [-0.4, -0.2) is 18.5 Å². The monoisotopic (exact) mass is 386 g/mol. The molecule has 0 atom stereocenters. The van der Waals surface area contributed by atoms with E-state index in [9.17, 15) is 0 Å². The number of para-hydroxylation sites is 4. The number of benzene rings is 4. The molecule has 0 aliphatic carbocycles. The van der Waals surface area contributed by atoms with Gasteiger partial charge in [-0.2, -0.15) is 0 Å². The lowest BCUT2D eigenvalue weighted by Crippen LogP contribution is -1.93. The van der Waals surface area contributed by atoms with Gasteiger partial charge in [-0.15, -0.1) is 0 Å². The van der Waals surface area contributed by atoms with Crippen LogP contribution >= 0.6 is 0 Å². The Hall–Kier alpha value is -4.05. The molecule has 7 rings (SSSR count). The SMILES string of the molecule is Cn1c2ccccc2n2c3cc4c(cc3nc12)c1ccccc1n4-c1ccccc1. The molecule has 0 spiro atoms. The summed E-state index contributed by atoms with van der Waals surface area (Å²) < 4.78 is 6.80. The largest absolute Gasteiger partial charge is 0.313 e. The van der Waals surface area contributed by atoms with Crippen LogP contribution in [0.3, 0.4) is 0 Å². The van der Waals surface area contributed by atoms with Crippen molar-refractivity contribution in [2.75, 3.05) is 0 Å². The fraction of sp³-hybridized carbons (Fsp3) is 0.0385. The summed E-state index contributed by atoms with van der Waals surface area (Å²) in [5, 5.41) is 2.48. The lowest BCUT2D eigenvalue weighted by atomic mass is 10.1. The van der Waals surface area contributed by atoms with Crippen molar-refractivity contribution in [2.45, 2.75) is 0 Å². The molecule has 0 saturated heterocycles. The Bertz CT molecular complexity index is 1750. The molecule has 0 radical (unpaired) electrons. The van der Waals surface area contributed by atoms with Gasteiger partial charge in [-0.3, -0.25) is 4.40 Å². The van der Waals surface area contributed by atoms with Crippen LogP contribution in [0.5, 0.6) is 0 Å². The van der Waals surface area contributed by atoms with Crippen molar-refractivity contribution in [3.05, 3.63) is 91.0 Å². The second-order valence-corrected chi connectivity index (χ2v) is 7.84. The Kier molecular flexibility index (Phi) is 2.91. The molecule has 3 heterocycles. The average molecular weight is 386 g/mol. The van der Waals surface area contributed by atoms with Gasteiger partial charge in [0.05, 0.1) is 33.1 Å². The van der Waals surface area contributed by atoms with Crippen LogP contribution in [0.1, 0.15) is 0 Å².